The van der Waals surface area contributed by atoms with Crippen molar-refractivity contribution in [2.75, 3.05) is 18.0 Å². The Labute approximate surface area is 169 Å². The number of allylic oxidation sites excluding steroid dienone is 2. The molecule has 0 bridgehead atoms. The van der Waals surface area contributed by atoms with Gasteiger partial charge in [0.1, 0.15) is 5.82 Å². The Morgan fingerprint density at radius 2 is 2.07 bits per heavy atom. The number of rotatable bonds is 3. The Morgan fingerprint density at radius 3 is 2.75 bits per heavy atom. The number of hydrogen-bond donors (Lipinski definition) is 1. The highest BCUT2D eigenvalue weighted by Crippen LogP contribution is 2.33. The van der Waals surface area contributed by atoms with Crippen LogP contribution in [0.3, 0.4) is 0 Å². The van der Waals surface area contributed by atoms with Crippen molar-refractivity contribution < 1.29 is 4.79 Å². The molecular weight excluding hydrogens is 346 g/mol. The summed E-state index contributed by atoms with van der Waals surface area (Å²) in [6, 6.07) is 0. The minimum Gasteiger partial charge on any atom is -0.356 e. The van der Waals surface area contributed by atoms with E-state index in [1.807, 2.05) is 33.0 Å². The van der Waals surface area contributed by atoms with Gasteiger partial charge in [0.15, 0.2) is 0 Å². The van der Waals surface area contributed by atoms with E-state index in [-0.39, 0.29) is 5.91 Å². The summed E-state index contributed by atoms with van der Waals surface area (Å²) in [5, 5.41) is 3.01. The fourth-order valence-electron chi connectivity index (χ4n) is 3.58. The van der Waals surface area contributed by atoms with Gasteiger partial charge in [0.05, 0.1) is 5.56 Å². The first-order valence-corrected chi connectivity index (χ1v) is 10.5. The van der Waals surface area contributed by atoms with Gasteiger partial charge < -0.3 is 10.2 Å². The Morgan fingerprint density at radius 1 is 1.32 bits per heavy atom. The molecule has 0 unspecified atom stereocenters. The maximum atomic E-state index is 13.1. The average Bonchev–Trinajstić information content (AvgIpc) is 3.48. The number of aromatic nitrogens is 1. The van der Waals surface area contributed by atoms with E-state index < -0.39 is 0 Å². The van der Waals surface area contributed by atoms with Crippen LogP contribution in [-0.2, 0) is 0 Å². The van der Waals surface area contributed by atoms with Crippen LogP contribution < -0.4 is 10.2 Å². The predicted molar refractivity (Wildman–Crippen MR) is 115 cm³/mol. The standard InChI is InChI=1S/C24H33N3O/c1-6-17(2)26-23(28)21-18(3)20(11-10-19-8-9-19)16-25-22(21)27-14-7-12-24(4,5)13-15-27/h6,16,19H,7-9,12-15H2,1-5H3,(H,26,28)/b17-6+. The molecule has 1 aliphatic carbocycles. The number of nitrogens with one attached hydrogen (secondary N) is 1. The van der Waals surface area contributed by atoms with E-state index in [1.54, 1.807) is 0 Å². The van der Waals surface area contributed by atoms with E-state index in [9.17, 15) is 4.79 Å². The number of hydrogen-bond acceptors (Lipinski definition) is 3. The van der Waals surface area contributed by atoms with Gasteiger partial charge in [-0.1, -0.05) is 31.8 Å². The first-order chi connectivity index (χ1) is 13.3. The SMILES string of the molecule is C/C=C(\C)NC(=O)c1c(N2CCCC(C)(C)CC2)ncc(C#CC2CC2)c1C. The molecule has 1 aromatic rings. The van der Waals surface area contributed by atoms with Crippen LogP contribution in [0.2, 0.25) is 0 Å². The van der Waals surface area contributed by atoms with Crippen LogP contribution in [0.5, 0.6) is 0 Å². The van der Waals surface area contributed by atoms with Gasteiger partial charge in [0.2, 0.25) is 0 Å². The van der Waals surface area contributed by atoms with Crippen LogP contribution in [0.25, 0.3) is 0 Å². The Bertz CT molecular complexity index is 837. The fourth-order valence-corrected chi connectivity index (χ4v) is 3.58. The quantitative estimate of drug-likeness (QED) is 0.766. The topological polar surface area (TPSA) is 45.2 Å². The van der Waals surface area contributed by atoms with E-state index in [0.29, 0.717) is 16.9 Å². The van der Waals surface area contributed by atoms with E-state index in [1.165, 1.54) is 19.3 Å². The summed E-state index contributed by atoms with van der Waals surface area (Å²) in [5.74, 6) is 7.81. The second kappa shape index (κ2) is 8.39. The average molecular weight is 380 g/mol. The third-order valence-corrected chi connectivity index (χ3v) is 5.92. The number of pyridine rings is 1. The summed E-state index contributed by atoms with van der Waals surface area (Å²) >= 11 is 0. The van der Waals surface area contributed by atoms with Gasteiger partial charge in [-0.3, -0.25) is 4.79 Å². The number of nitrogens with zero attached hydrogens (tertiary/aromatic N) is 2. The normalized spacial score (nSPS) is 19.5. The minimum atomic E-state index is -0.0887. The number of carbonyl (C=O) groups is 1. The zero-order valence-corrected chi connectivity index (χ0v) is 18.0. The Kier molecular flexibility index (Phi) is 6.13. The van der Waals surface area contributed by atoms with Gasteiger partial charge >= 0.3 is 0 Å². The molecule has 1 amide bonds. The highest BCUT2D eigenvalue weighted by Gasteiger charge is 2.27. The molecule has 2 fully saturated rings. The van der Waals surface area contributed by atoms with E-state index in [4.69, 9.17) is 4.98 Å². The zero-order chi connectivity index (χ0) is 20.3. The summed E-state index contributed by atoms with van der Waals surface area (Å²) < 4.78 is 0. The third kappa shape index (κ3) is 4.95. The summed E-state index contributed by atoms with van der Waals surface area (Å²) in [4.78, 5) is 20.2. The summed E-state index contributed by atoms with van der Waals surface area (Å²) in [6.07, 6.45) is 9.56. The monoisotopic (exact) mass is 379 g/mol. The molecule has 1 saturated carbocycles. The maximum Gasteiger partial charge on any atom is 0.259 e. The van der Waals surface area contributed by atoms with Crippen molar-refractivity contribution in [3.8, 4) is 11.8 Å². The van der Waals surface area contributed by atoms with E-state index in [0.717, 1.165) is 48.6 Å². The maximum absolute atomic E-state index is 13.1. The smallest absolute Gasteiger partial charge is 0.259 e. The molecule has 3 rings (SSSR count). The summed E-state index contributed by atoms with van der Waals surface area (Å²) in [6.45, 7) is 12.4. The first kappa shape index (κ1) is 20.5. The lowest BCUT2D eigenvalue weighted by molar-refractivity contribution is 0.0965. The van der Waals surface area contributed by atoms with Crippen LogP contribution >= 0.6 is 0 Å². The lowest BCUT2D eigenvalue weighted by Crippen LogP contribution is -2.31. The van der Waals surface area contributed by atoms with Crippen molar-refractivity contribution in [2.45, 2.75) is 66.7 Å². The molecule has 1 aliphatic heterocycles. The Hall–Kier alpha value is -2.28. The van der Waals surface area contributed by atoms with Gasteiger partial charge in [0.25, 0.3) is 5.91 Å². The van der Waals surface area contributed by atoms with E-state index in [2.05, 4.69) is 35.9 Å². The minimum absolute atomic E-state index is 0.0887. The molecule has 4 nitrogen and oxygen atoms in total. The first-order valence-electron chi connectivity index (χ1n) is 10.5. The van der Waals surface area contributed by atoms with Crippen molar-refractivity contribution in [3.05, 3.63) is 34.7 Å². The van der Waals surface area contributed by atoms with Crippen molar-refractivity contribution in [3.63, 3.8) is 0 Å². The van der Waals surface area contributed by atoms with Crippen molar-refractivity contribution in [2.24, 2.45) is 11.3 Å². The second-order valence-corrected chi connectivity index (χ2v) is 8.97. The molecule has 0 aromatic carbocycles. The molecule has 1 N–H and O–H groups in total. The molecule has 4 heteroatoms. The molecule has 2 aliphatic rings. The number of anilines is 1. The largest absolute Gasteiger partial charge is 0.356 e. The van der Waals surface area contributed by atoms with Gasteiger partial charge in [-0.05, 0) is 63.9 Å². The van der Waals surface area contributed by atoms with Gasteiger partial charge in [0, 0.05) is 36.5 Å². The van der Waals surface area contributed by atoms with Crippen molar-refractivity contribution in [1.29, 1.82) is 0 Å². The fraction of sp³-hybridized carbons (Fsp3) is 0.583. The molecule has 1 saturated heterocycles. The van der Waals surface area contributed by atoms with Crippen LogP contribution in [-0.4, -0.2) is 24.0 Å². The highest BCUT2D eigenvalue weighted by atomic mass is 16.1. The molecule has 0 atom stereocenters. The Balaban J connectivity index is 1.99. The predicted octanol–water partition coefficient (Wildman–Crippen LogP) is 4.82. The summed E-state index contributed by atoms with van der Waals surface area (Å²) in [7, 11) is 0. The molecule has 0 radical (unpaired) electrons. The van der Waals surface area contributed by atoms with Crippen LogP contribution in [0, 0.1) is 30.1 Å². The molecule has 2 heterocycles. The molecule has 1 aromatic heterocycles. The van der Waals surface area contributed by atoms with Crippen molar-refractivity contribution >= 4 is 11.7 Å². The lowest BCUT2D eigenvalue weighted by Gasteiger charge is -2.26. The van der Waals surface area contributed by atoms with Gasteiger partial charge in [-0.15, -0.1) is 0 Å². The van der Waals surface area contributed by atoms with E-state index >= 15 is 0 Å². The summed E-state index contributed by atoms with van der Waals surface area (Å²) in [5.41, 5.74) is 3.66. The molecule has 28 heavy (non-hydrogen) atoms. The van der Waals surface area contributed by atoms with Crippen LogP contribution in [0.1, 0.15) is 81.3 Å². The molecular formula is C24H33N3O. The van der Waals surface area contributed by atoms with Crippen molar-refractivity contribution in [1.82, 2.24) is 10.3 Å². The number of carbonyl (C=O) groups excluding carboxylic acids is 1. The lowest BCUT2D eigenvalue weighted by atomic mass is 9.85. The highest BCUT2D eigenvalue weighted by molar-refractivity contribution is 6.01. The van der Waals surface area contributed by atoms with Crippen LogP contribution in [0.4, 0.5) is 5.82 Å². The molecule has 0 spiro atoms. The van der Waals surface area contributed by atoms with Gasteiger partial charge in [-0.2, -0.15) is 0 Å². The van der Waals surface area contributed by atoms with Crippen LogP contribution in [0.15, 0.2) is 18.0 Å². The third-order valence-electron chi connectivity index (χ3n) is 5.92. The van der Waals surface area contributed by atoms with Gasteiger partial charge in [-0.25, -0.2) is 4.98 Å². The zero-order valence-electron chi connectivity index (χ0n) is 18.0. The molecule has 150 valence electrons. The second-order valence-electron chi connectivity index (χ2n) is 8.97. The number of amides is 1.